The molecule has 4 rings (SSSR count). The van der Waals surface area contributed by atoms with Gasteiger partial charge in [0.2, 0.25) is 0 Å². The van der Waals surface area contributed by atoms with Gasteiger partial charge in [-0.3, -0.25) is 4.90 Å². The van der Waals surface area contributed by atoms with Gasteiger partial charge in [-0.05, 0) is 11.4 Å². The van der Waals surface area contributed by atoms with E-state index >= 15 is 0 Å². The number of carbonyl (C=O) groups excluding carboxylic acids is 1. The van der Waals surface area contributed by atoms with Crippen LogP contribution in [0.15, 0.2) is 22.9 Å². The molecule has 2 aliphatic heterocycles. The molecule has 2 aliphatic rings. The number of thiophene rings is 1. The molecule has 134 valence electrons. The van der Waals surface area contributed by atoms with Gasteiger partial charge in [0.1, 0.15) is 5.01 Å². The molecule has 0 atom stereocenters. The van der Waals surface area contributed by atoms with Crippen molar-refractivity contribution in [2.24, 2.45) is 0 Å². The molecule has 2 aromatic rings. The molecular weight excluding hydrogens is 356 g/mol. The number of urea groups is 1. The van der Waals surface area contributed by atoms with E-state index in [1.807, 2.05) is 9.80 Å². The van der Waals surface area contributed by atoms with Gasteiger partial charge in [-0.1, -0.05) is 6.07 Å². The molecule has 0 aromatic carbocycles. The summed E-state index contributed by atoms with van der Waals surface area (Å²) < 4.78 is 5.32. The number of hydrogen-bond acceptors (Lipinski definition) is 6. The Bertz CT molecular complexity index is 689. The number of hydrogen-bond donors (Lipinski definition) is 0. The molecule has 0 bridgehead atoms. The van der Waals surface area contributed by atoms with Crippen molar-refractivity contribution < 1.29 is 9.53 Å². The highest BCUT2D eigenvalue weighted by molar-refractivity contribution is 7.20. The zero-order valence-electron chi connectivity index (χ0n) is 14.1. The average Bonchev–Trinajstić information content (AvgIpc) is 3.34. The molecule has 6 nitrogen and oxygen atoms in total. The topological polar surface area (TPSA) is 48.9 Å². The number of rotatable bonds is 3. The summed E-state index contributed by atoms with van der Waals surface area (Å²) in [6.07, 6.45) is 0. The van der Waals surface area contributed by atoms with Gasteiger partial charge >= 0.3 is 6.03 Å². The monoisotopic (exact) mass is 378 g/mol. The Balaban J connectivity index is 1.28. The van der Waals surface area contributed by atoms with Crippen molar-refractivity contribution in [3.05, 3.63) is 28.6 Å². The summed E-state index contributed by atoms with van der Waals surface area (Å²) in [5.41, 5.74) is 1.13. The predicted molar refractivity (Wildman–Crippen MR) is 100 cm³/mol. The first kappa shape index (κ1) is 17.0. The molecule has 25 heavy (non-hydrogen) atoms. The van der Waals surface area contributed by atoms with Crippen LogP contribution < -0.4 is 0 Å². The molecule has 0 unspecified atom stereocenters. The molecule has 4 heterocycles. The molecule has 0 aliphatic carbocycles. The van der Waals surface area contributed by atoms with Crippen LogP contribution in [0.5, 0.6) is 0 Å². The highest BCUT2D eigenvalue weighted by Gasteiger charge is 2.26. The maximum Gasteiger partial charge on any atom is 0.320 e. The van der Waals surface area contributed by atoms with E-state index in [9.17, 15) is 4.79 Å². The zero-order valence-corrected chi connectivity index (χ0v) is 15.7. The van der Waals surface area contributed by atoms with Crippen LogP contribution in [0.25, 0.3) is 9.88 Å². The number of morpholine rings is 1. The van der Waals surface area contributed by atoms with Crippen molar-refractivity contribution in [2.45, 2.75) is 6.54 Å². The van der Waals surface area contributed by atoms with Crippen LogP contribution in [-0.4, -0.2) is 78.2 Å². The number of aromatic nitrogens is 1. The minimum absolute atomic E-state index is 0.164. The lowest BCUT2D eigenvalue weighted by Gasteiger charge is -2.38. The number of ether oxygens (including phenoxy) is 1. The third-order valence-electron chi connectivity index (χ3n) is 4.59. The molecular formula is C17H22N4O2S2. The smallest absolute Gasteiger partial charge is 0.320 e. The van der Waals surface area contributed by atoms with Gasteiger partial charge in [-0.15, -0.1) is 22.7 Å². The second kappa shape index (κ2) is 7.82. The van der Waals surface area contributed by atoms with Crippen molar-refractivity contribution >= 4 is 28.7 Å². The summed E-state index contributed by atoms with van der Waals surface area (Å²) in [5.74, 6) is 0. The largest absolute Gasteiger partial charge is 0.378 e. The first-order valence-corrected chi connectivity index (χ1v) is 10.4. The lowest BCUT2D eigenvalue weighted by atomic mass is 10.3. The van der Waals surface area contributed by atoms with Crippen LogP contribution >= 0.6 is 22.7 Å². The van der Waals surface area contributed by atoms with E-state index in [0.29, 0.717) is 26.3 Å². The second-order valence-electron chi connectivity index (χ2n) is 6.27. The van der Waals surface area contributed by atoms with Gasteiger partial charge < -0.3 is 14.5 Å². The Morgan fingerprint density at radius 1 is 1.08 bits per heavy atom. The fourth-order valence-electron chi connectivity index (χ4n) is 3.17. The average molecular weight is 379 g/mol. The van der Waals surface area contributed by atoms with Crippen molar-refractivity contribution in [2.75, 3.05) is 52.5 Å². The molecule has 2 fully saturated rings. The van der Waals surface area contributed by atoms with E-state index in [-0.39, 0.29) is 6.03 Å². The Hall–Kier alpha value is -1.48. The third kappa shape index (κ3) is 4.03. The second-order valence-corrected chi connectivity index (χ2v) is 8.07. The minimum Gasteiger partial charge on any atom is -0.378 e. The molecule has 0 spiro atoms. The van der Waals surface area contributed by atoms with Crippen molar-refractivity contribution in [1.29, 1.82) is 0 Å². The van der Waals surface area contributed by atoms with Crippen molar-refractivity contribution in [1.82, 2.24) is 19.7 Å². The number of thiazole rings is 1. The van der Waals surface area contributed by atoms with Crippen molar-refractivity contribution in [3.63, 3.8) is 0 Å². The van der Waals surface area contributed by atoms with Gasteiger partial charge in [0.15, 0.2) is 0 Å². The predicted octanol–water partition coefficient (Wildman–Crippen LogP) is 2.44. The van der Waals surface area contributed by atoms with Gasteiger partial charge in [-0.2, -0.15) is 0 Å². The highest BCUT2D eigenvalue weighted by Crippen LogP contribution is 2.28. The first-order chi connectivity index (χ1) is 12.3. The van der Waals surface area contributed by atoms with E-state index < -0.39 is 0 Å². The van der Waals surface area contributed by atoms with Crippen LogP contribution in [0.1, 0.15) is 5.69 Å². The fraction of sp³-hybridized carbons (Fsp3) is 0.529. The first-order valence-electron chi connectivity index (χ1n) is 8.62. The summed E-state index contributed by atoms with van der Waals surface area (Å²) in [7, 11) is 0. The molecule has 0 radical (unpaired) electrons. The van der Waals surface area contributed by atoms with Crippen molar-refractivity contribution in [3.8, 4) is 9.88 Å². The SMILES string of the molecule is O=C(N1CCOCC1)N1CCN(Cc2csc(-c3cccs3)n2)CC1. The van der Waals surface area contributed by atoms with E-state index in [0.717, 1.165) is 43.4 Å². The number of piperazine rings is 1. The molecule has 0 saturated carbocycles. The summed E-state index contributed by atoms with van der Waals surface area (Å²) in [4.78, 5) is 24.8. The van der Waals surface area contributed by atoms with Crippen LogP contribution in [0.2, 0.25) is 0 Å². The molecule has 8 heteroatoms. The van der Waals surface area contributed by atoms with Gasteiger partial charge in [0.05, 0.1) is 23.8 Å². The summed E-state index contributed by atoms with van der Waals surface area (Å²) in [6, 6.07) is 4.34. The third-order valence-corrected chi connectivity index (χ3v) is 6.52. The fourth-order valence-corrected chi connectivity index (χ4v) is 4.80. The zero-order chi connectivity index (χ0) is 17.1. The van der Waals surface area contributed by atoms with E-state index in [1.165, 1.54) is 4.88 Å². The molecule has 2 saturated heterocycles. The van der Waals surface area contributed by atoms with Gasteiger partial charge in [0, 0.05) is 51.2 Å². The standard InChI is InChI=1S/C17H22N4O2S2/c22-17(21-7-9-23-10-8-21)20-5-3-19(4-6-20)12-14-13-25-16(18-14)15-2-1-11-24-15/h1-2,11,13H,3-10,12H2. The van der Waals surface area contributed by atoms with Crippen LogP contribution in [0.4, 0.5) is 4.79 Å². The maximum absolute atomic E-state index is 12.5. The van der Waals surface area contributed by atoms with Crippen LogP contribution in [-0.2, 0) is 11.3 Å². The summed E-state index contributed by atoms with van der Waals surface area (Å²) in [6.45, 7) is 6.98. The Morgan fingerprint density at radius 2 is 1.84 bits per heavy atom. The quantitative estimate of drug-likeness (QED) is 0.823. The normalized spacial score (nSPS) is 19.4. The van der Waals surface area contributed by atoms with Crippen LogP contribution in [0.3, 0.4) is 0 Å². The Labute approximate surface area is 155 Å². The van der Waals surface area contributed by atoms with Gasteiger partial charge in [0.25, 0.3) is 0 Å². The lowest BCUT2D eigenvalue weighted by molar-refractivity contribution is 0.0372. The van der Waals surface area contributed by atoms with E-state index in [2.05, 4.69) is 27.8 Å². The van der Waals surface area contributed by atoms with Crippen LogP contribution in [0, 0.1) is 0 Å². The Kier molecular flexibility index (Phi) is 5.30. The molecule has 2 amide bonds. The van der Waals surface area contributed by atoms with E-state index in [1.54, 1.807) is 22.7 Å². The Morgan fingerprint density at radius 3 is 2.56 bits per heavy atom. The molecule has 0 N–H and O–H groups in total. The van der Waals surface area contributed by atoms with E-state index in [4.69, 9.17) is 9.72 Å². The maximum atomic E-state index is 12.5. The minimum atomic E-state index is 0.164. The number of carbonyl (C=O) groups is 1. The number of nitrogens with zero attached hydrogens (tertiary/aromatic N) is 4. The number of amides is 2. The summed E-state index contributed by atoms with van der Waals surface area (Å²) in [5, 5.41) is 5.34. The van der Waals surface area contributed by atoms with Gasteiger partial charge in [-0.25, -0.2) is 9.78 Å². The lowest BCUT2D eigenvalue weighted by Crippen LogP contribution is -2.54. The molecule has 2 aromatic heterocycles. The highest BCUT2D eigenvalue weighted by atomic mass is 32.1. The summed E-state index contributed by atoms with van der Waals surface area (Å²) >= 11 is 3.44.